The second-order valence-electron chi connectivity index (χ2n) is 5.86. The quantitative estimate of drug-likeness (QED) is 0.570. The highest BCUT2D eigenvalue weighted by molar-refractivity contribution is 5.79. The van der Waals surface area contributed by atoms with Crippen molar-refractivity contribution < 1.29 is 4.74 Å². The van der Waals surface area contributed by atoms with Gasteiger partial charge in [-0.05, 0) is 35.6 Å². The second-order valence-corrected chi connectivity index (χ2v) is 5.86. The van der Waals surface area contributed by atoms with Crippen LogP contribution in [0, 0.1) is 0 Å². The summed E-state index contributed by atoms with van der Waals surface area (Å²) in [6.45, 7) is 7.12. The predicted octanol–water partition coefficient (Wildman–Crippen LogP) is 3.65. The topological polar surface area (TPSA) is 45.6 Å². The molecule has 0 saturated heterocycles. The Hall–Kier alpha value is -2.33. The maximum atomic E-state index is 5.42. The fraction of sp³-hybridized carbons (Fsp3) is 0.381. The Labute approximate surface area is 151 Å². The summed E-state index contributed by atoms with van der Waals surface area (Å²) in [5.74, 6) is 0.810. The van der Waals surface area contributed by atoms with Gasteiger partial charge in [-0.1, -0.05) is 55.5 Å². The number of rotatable bonds is 8. The number of aliphatic imine (C=N–C) groups is 1. The summed E-state index contributed by atoms with van der Waals surface area (Å²) in [5, 5.41) is 6.75. The summed E-state index contributed by atoms with van der Waals surface area (Å²) in [4.78, 5) is 4.31. The van der Waals surface area contributed by atoms with E-state index in [2.05, 4.69) is 71.1 Å². The first-order valence-corrected chi connectivity index (χ1v) is 8.93. The normalized spacial score (nSPS) is 11.4. The molecule has 25 heavy (non-hydrogen) atoms. The third kappa shape index (κ3) is 6.24. The van der Waals surface area contributed by atoms with Crippen molar-refractivity contribution in [3.05, 3.63) is 70.8 Å². The molecule has 2 aromatic rings. The van der Waals surface area contributed by atoms with Crippen LogP contribution in [0.5, 0.6) is 0 Å². The molecule has 0 heterocycles. The van der Waals surface area contributed by atoms with Gasteiger partial charge in [0.1, 0.15) is 0 Å². The number of hydrogen-bond donors (Lipinski definition) is 2. The maximum absolute atomic E-state index is 5.42. The minimum absolute atomic E-state index is 0.671. The third-order valence-corrected chi connectivity index (χ3v) is 4.12. The zero-order chi connectivity index (χ0) is 17.9. The molecule has 4 nitrogen and oxygen atoms in total. The number of ether oxygens (including phenoxy) is 1. The number of benzene rings is 2. The highest BCUT2D eigenvalue weighted by Crippen LogP contribution is 2.09. The van der Waals surface area contributed by atoms with Crippen molar-refractivity contribution in [1.29, 1.82) is 0 Å². The Balaban J connectivity index is 1.84. The molecule has 0 bridgehead atoms. The second kappa shape index (κ2) is 10.5. The SMILES string of the molecule is CCOCc1ccc(CNC(=NC)NCc2ccccc2CC)cc1. The fourth-order valence-electron chi connectivity index (χ4n) is 2.63. The molecular weight excluding hydrogens is 310 g/mol. The van der Waals surface area contributed by atoms with Gasteiger partial charge in [0.2, 0.25) is 0 Å². The van der Waals surface area contributed by atoms with Crippen molar-refractivity contribution in [2.45, 2.75) is 40.0 Å². The predicted molar refractivity (Wildman–Crippen MR) is 105 cm³/mol. The standard InChI is InChI=1S/C21H29N3O/c1-4-19-8-6-7-9-20(19)15-24-21(22-3)23-14-17-10-12-18(13-11-17)16-25-5-2/h6-13H,4-5,14-16H2,1-3H3,(H2,22,23,24). The van der Waals surface area contributed by atoms with E-state index in [4.69, 9.17) is 4.74 Å². The number of nitrogens with zero attached hydrogens (tertiary/aromatic N) is 1. The molecule has 0 aromatic heterocycles. The van der Waals surface area contributed by atoms with Gasteiger partial charge >= 0.3 is 0 Å². The van der Waals surface area contributed by atoms with E-state index in [0.717, 1.165) is 32.1 Å². The van der Waals surface area contributed by atoms with E-state index in [1.54, 1.807) is 7.05 Å². The largest absolute Gasteiger partial charge is 0.377 e. The van der Waals surface area contributed by atoms with E-state index < -0.39 is 0 Å². The zero-order valence-electron chi connectivity index (χ0n) is 15.5. The van der Waals surface area contributed by atoms with Gasteiger partial charge in [-0.15, -0.1) is 0 Å². The van der Waals surface area contributed by atoms with Crippen molar-refractivity contribution in [3.63, 3.8) is 0 Å². The zero-order valence-corrected chi connectivity index (χ0v) is 15.5. The molecule has 2 aromatic carbocycles. The monoisotopic (exact) mass is 339 g/mol. The van der Waals surface area contributed by atoms with Crippen molar-refractivity contribution in [2.75, 3.05) is 13.7 Å². The van der Waals surface area contributed by atoms with E-state index in [1.807, 2.05) is 6.92 Å². The van der Waals surface area contributed by atoms with E-state index in [0.29, 0.717) is 6.61 Å². The van der Waals surface area contributed by atoms with Crippen LogP contribution in [0.3, 0.4) is 0 Å². The summed E-state index contributed by atoms with van der Waals surface area (Å²) >= 11 is 0. The van der Waals surface area contributed by atoms with Gasteiger partial charge in [-0.3, -0.25) is 4.99 Å². The Bertz CT molecular complexity index is 665. The molecule has 2 N–H and O–H groups in total. The lowest BCUT2D eigenvalue weighted by Crippen LogP contribution is -2.36. The minimum atomic E-state index is 0.671. The molecule has 0 saturated carbocycles. The Morgan fingerprint density at radius 1 is 0.880 bits per heavy atom. The highest BCUT2D eigenvalue weighted by Gasteiger charge is 2.02. The lowest BCUT2D eigenvalue weighted by molar-refractivity contribution is 0.134. The summed E-state index contributed by atoms with van der Waals surface area (Å²) < 4.78 is 5.42. The fourth-order valence-corrected chi connectivity index (χ4v) is 2.63. The molecule has 0 unspecified atom stereocenters. The molecule has 0 amide bonds. The molecule has 0 atom stereocenters. The third-order valence-electron chi connectivity index (χ3n) is 4.12. The van der Waals surface area contributed by atoms with Gasteiger partial charge in [0.25, 0.3) is 0 Å². The summed E-state index contributed by atoms with van der Waals surface area (Å²) in [6.07, 6.45) is 1.04. The van der Waals surface area contributed by atoms with Gasteiger partial charge in [0, 0.05) is 26.7 Å². The molecule has 0 aliphatic rings. The van der Waals surface area contributed by atoms with Crippen LogP contribution in [-0.4, -0.2) is 19.6 Å². The summed E-state index contributed by atoms with van der Waals surface area (Å²) in [7, 11) is 1.80. The van der Waals surface area contributed by atoms with Crippen molar-refractivity contribution in [1.82, 2.24) is 10.6 Å². The first-order valence-electron chi connectivity index (χ1n) is 8.93. The highest BCUT2D eigenvalue weighted by atomic mass is 16.5. The van der Waals surface area contributed by atoms with Crippen LogP contribution in [0.4, 0.5) is 0 Å². The van der Waals surface area contributed by atoms with Crippen LogP contribution in [0.2, 0.25) is 0 Å². The van der Waals surface area contributed by atoms with E-state index in [-0.39, 0.29) is 0 Å². The average molecular weight is 339 g/mol. The van der Waals surface area contributed by atoms with Gasteiger partial charge in [0.05, 0.1) is 6.61 Å². The van der Waals surface area contributed by atoms with Crippen molar-refractivity contribution in [3.8, 4) is 0 Å². The van der Waals surface area contributed by atoms with Crippen LogP contribution in [-0.2, 0) is 30.9 Å². The smallest absolute Gasteiger partial charge is 0.191 e. The first kappa shape index (κ1) is 19.0. The minimum Gasteiger partial charge on any atom is -0.377 e. The number of aryl methyl sites for hydroxylation is 1. The summed E-state index contributed by atoms with van der Waals surface area (Å²) in [6, 6.07) is 17.0. The number of hydrogen-bond acceptors (Lipinski definition) is 2. The molecule has 2 rings (SSSR count). The molecule has 134 valence electrons. The number of nitrogens with one attached hydrogen (secondary N) is 2. The maximum Gasteiger partial charge on any atom is 0.191 e. The molecule has 0 aliphatic heterocycles. The van der Waals surface area contributed by atoms with E-state index in [1.165, 1.54) is 22.3 Å². The van der Waals surface area contributed by atoms with Gasteiger partial charge in [-0.25, -0.2) is 0 Å². The molecule has 0 aliphatic carbocycles. The Morgan fingerprint density at radius 2 is 1.52 bits per heavy atom. The van der Waals surface area contributed by atoms with Gasteiger partial charge in [-0.2, -0.15) is 0 Å². The Morgan fingerprint density at radius 3 is 2.16 bits per heavy atom. The van der Waals surface area contributed by atoms with E-state index in [9.17, 15) is 0 Å². The van der Waals surface area contributed by atoms with Gasteiger partial charge in [0.15, 0.2) is 5.96 Å². The van der Waals surface area contributed by atoms with Crippen molar-refractivity contribution in [2.24, 2.45) is 4.99 Å². The van der Waals surface area contributed by atoms with Crippen LogP contribution < -0.4 is 10.6 Å². The summed E-state index contributed by atoms with van der Waals surface area (Å²) in [5.41, 5.74) is 5.10. The van der Waals surface area contributed by atoms with Gasteiger partial charge < -0.3 is 15.4 Å². The number of guanidine groups is 1. The Kier molecular flexibility index (Phi) is 7.99. The molecular formula is C21H29N3O. The molecule has 0 fully saturated rings. The van der Waals surface area contributed by atoms with Crippen LogP contribution >= 0.6 is 0 Å². The lowest BCUT2D eigenvalue weighted by atomic mass is 10.1. The lowest BCUT2D eigenvalue weighted by Gasteiger charge is -2.14. The van der Waals surface area contributed by atoms with Crippen molar-refractivity contribution >= 4 is 5.96 Å². The van der Waals surface area contributed by atoms with E-state index >= 15 is 0 Å². The average Bonchev–Trinajstić information content (AvgIpc) is 2.67. The van der Waals surface area contributed by atoms with Crippen LogP contribution in [0.25, 0.3) is 0 Å². The molecule has 0 radical (unpaired) electrons. The molecule has 4 heteroatoms. The first-order chi connectivity index (χ1) is 12.3. The van der Waals surface area contributed by atoms with Crippen LogP contribution in [0.1, 0.15) is 36.1 Å². The van der Waals surface area contributed by atoms with Crippen LogP contribution in [0.15, 0.2) is 53.5 Å². The molecule has 0 spiro atoms.